The second-order valence-corrected chi connectivity index (χ2v) is 4.87. The van der Waals surface area contributed by atoms with E-state index in [1.54, 1.807) is 19.2 Å². The predicted molar refractivity (Wildman–Crippen MR) is 74.3 cm³/mol. The maximum atomic E-state index is 12.6. The molecule has 118 valence electrons. The zero-order chi connectivity index (χ0) is 16.3. The van der Waals surface area contributed by atoms with Gasteiger partial charge in [0.05, 0.1) is 17.2 Å². The smallest absolute Gasteiger partial charge is 0.387 e. The molecule has 0 fully saturated rings. The van der Waals surface area contributed by atoms with Crippen molar-refractivity contribution in [2.75, 3.05) is 6.54 Å². The van der Waals surface area contributed by atoms with Gasteiger partial charge in [0.2, 0.25) is 0 Å². The molecular formula is C15H15F3N2O2. The number of aromatic amines is 1. The maximum Gasteiger partial charge on any atom is 0.416 e. The molecule has 3 N–H and O–H groups in total. The van der Waals surface area contributed by atoms with Gasteiger partial charge in [0.25, 0.3) is 5.91 Å². The van der Waals surface area contributed by atoms with E-state index in [2.05, 4.69) is 10.3 Å². The number of aromatic nitrogens is 1. The van der Waals surface area contributed by atoms with Crippen LogP contribution in [0.2, 0.25) is 0 Å². The zero-order valence-corrected chi connectivity index (χ0v) is 11.7. The van der Waals surface area contributed by atoms with E-state index in [1.807, 2.05) is 0 Å². The normalized spacial score (nSPS) is 13.0. The van der Waals surface area contributed by atoms with Gasteiger partial charge in [0, 0.05) is 18.4 Å². The van der Waals surface area contributed by atoms with E-state index in [4.69, 9.17) is 0 Å². The highest BCUT2D eigenvalue weighted by Crippen LogP contribution is 2.30. The predicted octanol–water partition coefficient (Wildman–Crippen LogP) is 2.81. The minimum Gasteiger partial charge on any atom is -0.387 e. The van der Waals surface area contributed by atoms with Gasteiger partial charge >= 0.3 is 6.18 Å². The number of rotatable bonds is 4. The van der Waals surface area contributed by atoms with Gasteiger partial charge < -0.3 is 15.4 Å². The molecule has 7 heteroatoms. The molecule has 0 aliphatic heterocycles. The molecule has 1 heterocycles. The number of aliphatic hydroxyl groups excluding tert-OH is 1. The summed E-state index contributed by atoms with van der Waals surface area (Å²) in [7, 11) is 0. The monoisotopic (exact) mass is 312 g/mol. The van der Waals surface area contributed by atoms with Crippen molar-refractivity contribution in [3.8, 4) is 0 Å². The van der Waals surface area contributed by atoms with Crippen molar-refractivity contribution in [3.63, 3.8) is 0 Å². The number of benzene rings is 1. The highest BCUT2D eigenvalue weighted by atomic mass is 19.4. The average Bonchev–Trinajstić information content (AvgIpc) is 2.90. The van der Waals surface area contributed by atoms with Crippen molar-refractivity contribution >= 4 is 5.91 Å². The molecule has 0 spiro atoms. The quantitative estimate of drug-likeness (QED) is 0.813. The van der Waals surface area contributed by atoms with Crippen LogP contribution in [-0.4, -0.2) is 22.5 Å². The summed E-state index contributed by atoms with van der Waals surface area (Å²) in [5, 5.41) is 12.4. The Bertz CT molecular complexity index is 665. The Balaban J connectivity index is 2.02. The summed E-state index contributed by atoms with van der Waals surface area (Å²) in [6.45, 7) is 1.54. The second kappa shape index (κ2) is 6.23. The molecule has 0 aliphatic carbocycles. The number of amides is 1. The third-order valence-electron chi connectivity index (χ3n) is 3.25. The highest BCUT2D eigenvalue weighted by molar-refractivity contribution is 5.95. The van der Waals surface area contributed by atoms with E-state index in [-0.39, 0.29) is 12.1 Å². The minimum absolute atomic E-state index is 0.0981. The maximum absolute atomic E-state index is 12.6. The fourth-order valence-corrected chi connectivity index (χ4v) is 2.02. The number of hydrogen-bond donors (Lipinski definition) is 3. The molecule has 4 nitrogen and oxygen atoms in total. The van der Waals surface area contributed by atoms with Gasteiger partial charge in [-0.1, -0.05) is 12.1 Å². The fraction of sp³-hybridized carbons (Fsp3) is 0.267. The zero-order valence-electron chi connectivity index (χ0n) is 11.7. The van der Waals surface area contributed by atoms with E-state index in [0.29, 0.717) is 11.3 Å². The first-order valence-electron chi connectivity index (χ1n) is 6.56. The number of hydrogen-bond acceptors (Lipinski definition) is 2. The summed E-state index contributed by atoms with van der Waals surface area (Å²) in [5.41, 5.74) is 0.361. The molecular weight excluding hydrogens is 297 g/mol. The molecule has 2 rings (SSSR count). The van der Waals surface area contributed by atoms with Crippen LogP contribution < -0.4 is 5.32 Å². The van der Waals surface area contributed by atoms with Crippen LogP contribution in [0.3, 0.4) is 0 Å². The number of carbonyl (C=O) groups is 1. The Kier molecular flexibility index (Phi) is 4.56. The van der Waals surface area contributed by atoms with E-state index in [9.17, 15) is 23.1 Å². The van der Waals surface area contributed by atoms with Gasteiger partial charge in [-0.25, -0.2) is 0 Å². The van der Waals surface area contributed by atoms with Crippen LogP contribution in [0.1, 0.15) is 33.3 Å². The van der Waals surface area contributed by atoms with Crippen LogP contribution in [0.4, 0.5) is 13.2 Å². The van der Waals surface area contributed by atoms with E-state index >= 15 is 0 Å². The van der Waals surface area contributed by atoms with Crippen LogP contribution in [0.25, 0.3) is 0 Å². The molecule has 1 aromatic heterocycles. The Morgan fingerprint density at radius 2 is 2.09 bits per heavy atom. The van der Waals surface area contributed by atoms with Gasteiger partial charge in [-0.2, -0.15) is 13.2 Å². The van der Waals surface area contributed by atoms with E-state index in [0.717, 1.165) is 12.1 Å². The molecule has 0 saturated carbocycles. The molecule has 0 bridgehead atoms. The first-order chi connectivity index (χ1) is 10.3. The van der Waals surface area contributed by atoms with Gasteiger partial charge in [-0.3, -0.25) is 4.79 Å². The number of H-pyrrole nitrogens is 1. The SMILES string of the molecule is Cc1[nH]ccc1C(=O)NCC(O)c1cccc(C(F)(F)F)c1. The van der Waals surface area contributed by atoms with Crippen molar-refractivity contribution in [2.24, 2.45) is 0 Å². The Morgan fingerprint density at radius 1 is 1.36 bits per heavy atom. The summed E-state index contributed by atoms with van der Waals surface area (Å²) >= 11 is 0. The molecule has 1 amide bonds. The topological polar surface area (TPSA) is 65.1 Å². The van der Waals surface area contributed by atoms with Crippen molar-refractivity contribution in [2.45, 2.75) is 19.2 Å². The fourth-order valence-electron chi connectivity index (χ4n) is 2.02. The van der Waals surface area contributed by atoms with Crippen molar-refractivity contribution in [1.82, 2.24) is 10.3 Å². The summed E-state index contributed by atoms with van der Waals surface area (Å²) in [5.74, 6) is -0.398. The van der Waals surface area contributed by atoms with E-state index < -0.39 is 23.8 Å². The lowest BCUT2D eigenvalue weighted by Crippen LogP contribution is -2.28. The first kappa shape index (κ1) is 16.1. The molecule has 22 heavy (non-hydrogen) atoms. The van der Waals surface area contributed by atoms with Crippen molar-refractivity contribution in [3.05, 3.63) is 58.9 Å². The van der Waals surface area contributed by atoms with Crippen LogP contribution in [0.5, 0.6) is 0 Å². The number of nitrogens with one attached hydrogen (secondary N) is 2. The number of halogens is 3. The molecule has 2 aromatic rings. The van der Waals surface area contributed by atoms with Crippen LogP contribution in [0.15, 0.2) is 36.5 Å². The van der Waals surface area contributed by atoms with Crippen LogP contribution >= 0.6 is 0 Å². The lowest BCUT2D eigenvalue weighted by Gasteiger charge is -2.14. The molecule has 0 saturated heterocycles. The van der Waals surface area contributed by atoms with Crippen LogP contribution in [0, 0.1) is 6.92 Å². The first-order valence-corrected chi connectivity index (χ1v) is 6.56. The Labute approximate surface area is 125 Å². The summed E-state index contributed by atoms with van der Waals surface area (Å²) in [6.07, 6.45) is -4.08. The van der Waals surface area contributed by atoms with Gasteiger partial charge in [0.1, 0.15) is 0 Å². The second-order valence-electron chi connectivity index (χ2n) is 4.87. The van der Waals surface area contributed by atoms with Crippen molar-refractivity contribution < 1.29 is 23.1 Å². The standard InChI is InChI=1S/C15H15F3N2O2/c1-9-12(5-6-19-9)14(22)20-8-13(21)10-3-2-4-11(7-10)15(16,17)18/h2-7,13,19,21H,8H2,1H3,(H,20,22). The molecule has 1 unspecified atom stereocenters. The summed E-state index contributed by atoms with van der Waals surface area (Å²) in [6, 6.07) is 5.99. The van der Waals surface area contributed by atoms with Gasteiger partial charge in [0.15, 0.2) is 0 Å². The van der Waals surface area contributed by atoms with Crippen LogP contribution in [-0.2, 0) is 6.18 Å². The van der Waals surface area contributed by atoms with E-state index in [1.165, 1.54) is 12.1 Å². The minimum atomic E-state index is -4.47. The number of aryl methyl sites for hydroxylation is 1. The molecule has 0 radical (unpaired) electrons. The Hall–Kier alpha value is -2.28. The van der Waals surface area contributed by atoms with Gasteiger partial charge in [-0.15, -0.1) is 0 Å². The molecule has 1 atom stereocenters. The number of aliphatic hydroxyl groups is 1. The third-order valence-corrected chi connectivity index (χ3v) is 3.25. The molecule has 1 aromatic carbocycles. The number of carbonyl (C=O) groups excluding carboxylic acids is 1. The lowest BCUT2D eigenvalue weighted by atomic mass is 10.1. The summed E-state index contributed by atoms with van der Waals surface area (Å²) in [4.78, 5) is 14.7. The largest absolute Gasteiger partial charge is 0.416 e. The van der Waals surface area contributed by atoms with Crippen molar-refractivity contribution in [1.29, 1.82) is 0 Å². The number of alkyl halides is 3. The molecule has 0 aliphatic rings. The summed E-state index contributed by atoms with van der Waals surface area (Å²) < 4.78 is 37.9. The average molecular weight is 312 g/mol. The lowest BCUT2D eigenvalue weighted by molar-refractivity contribution is -0.137. The highest BCUT2D eigenvalue weighted by Gasteiger charge is 2.30. The van der Waals surface area contributed by atoms with Gasteiger partial charge in [-0.05, 0) is 30.7 Å². The Morgan fingerprint density at radius 3 is 2.68 bits per heavy atom. The third kappa shape index (κ3) is 3.67.